The van der Waals surface area contributed by atoms with Gasteiger partial charge in [-0.05, 0) is 24.0 Å². The van der Waals surface area contributed by atoms with Gasteiger partial charge in [0.2, 0.25) is 0 Å². The largest absolute Gasteiger partial charge is 0.397 e. The van der Waals surface area contributed by atoms with E-state index in [1.807, 2.05) is 6.92 Å². The lowest BCUT2D eigenvalue weighted by atomic mass is 9.98. The number of benzene rings is 1. The number of hydrogen-bond donors (Lipinski definition) is 2. The minimum absolute atomic E-state index is 0.0625. The van der Waals surface area contributed by atoms with Crippen molar-refractivity contribution in [2.75, 3.05) is 17.6 Å². The van der Waals surface area contributed by atoms with Crippen LogP contribution in [0.2, 0.25) is 0 Å². The highest BCUT2D eigenvalue weighted by atomic mass is 19.2. The Morgan fingerprint density at radius 1 is 1.25 bits per heavy atom. The minimum atomic E-state index is -0.907. The Morgan fingerprint density at radius 3 is 2.44 bits per heavy atom. The molecule has 0 aromatic heterocycles. The van der Waals surface area contributed by atoms with E-state index in [1.165, 1.54) is 6.07 Å². The van der Waals surface area contributed by atoms with Crippen molar-refractivity contribution in [2.45, 2.75) is 20.8 Å². The topological polar surface area (TPSA) is 38.0 Å². The van der Waals surface area contributed by atoms with E-state index in [9.17, 15) is 8.78 Å². The van der Waals surface area contributed by atoms with Gasteiger partial charge in [0.15, 0.2) is 11.6 Å². The van der Waals surface area contributed by atoms with Gasteiger partial charge in [-0.2, -0.15) is 0 Å². The molecule has 2 nitrogen and oxygen atoms in total. The van der Waals surface area contributed by atoms with Gasteiger partial charge in [0.05, 0.1) is 11.4 Å². The zero-order valence-corrected chi connectivity index (χ0v) is 9.85. The van der Waals surface area contributed by atoms with E-state index < -0.39 is 11.6 Å². The quantitative estimate of drug-likeness (QED) is 0.776. The van der Waals surface area contributed by atoms with Gasteiger partial charge in [0, 0.05) is 6.54 Å². The summed E-state index contributed by atoms with van der Waals surface area (Å²) in [7, 11) is 0. The van der Waals surface area contributed by atoms with Crippen LogP contribution in [-0.2, 0) is 0 Å². The summed E-state index contributed by atoms with van der Waals surface area (Å²) in [5.74, 6) is -0.947. The first kappa shape index (κ1) is 12.7. The number of nitrogens with one attached hydrogen (secondary N) is 1. The van der Waals surface area contributed by atoms with Crippen LogP contribution in [0.25, 0.3) is 0 Å². The lowest BCUT2D eigenvalue weighted by Crippen LogP contribution is -2.18. The summed E-state index contributed by atoms with van der Waals surface area (Å²) in [6.07, 6.45) is 0. The maximum absolute atomic E-state index is 13.4. The number of hydrogen-bond acceptors (Lipinski definition) is 2. The van der Waals surface area contributed by atoms with Crippen LogP contribution in [0.4, 0.5) is 20.2 Å². The highest BCUT2D eigenvalue weighted by molar-refractivity contribution is 5.66. The number of rotatable bonds is 4. The van der Waals surface area contributed by atoms with Gasteiger partial charge >= 0.3 is 0 Å². The molecule has 0 aliphatic carbocycles. The lowest BCUT2D eigenvalue weighted by Gasteiger charge is -2.18. The lowest BCUT2D eigenvalue weighted by molar-refractivity contribution is 0.438. The molecule has 1 atom stereocenters. The molecule has 0 saturated carbocycles. The smallest absolute Gasteiger partial charge is 0.183 e. The number of nitrogen functional groups attached to an aromatic ring is 1. The van der Waals surface area contributed by atoms with Crippen LogP contribution >= 0.6 is 0 Å². The second-order valence-corrected chi connectivity index (χ2v) is 4.43. The molecule has 0 heterocycles. The number of halogens is 2. The van der Waals surface area contributed by atoms with Gasteiger partial charge < -0.3 is 11.1 Å². The SMILES string of the molecule is CC(C)C(C)CNc1c(N)ccc(F)c1F. The Kier molecular flexibility index (Phi) is 4.10. The van der Waals surface area contributed by atoms with Gasteiger partial charge in [-0.1, -0.05) is 20.8 Å². The average Bonchev–Trinajstić information content (AvgIpc) is 2.23. The van der Waals surface area contributed by atoms with Crippen molar-refractivity contribution in [3.8, 4) is 0 Å². The fraction of sp³-hybridized carbons (Fsp3) is 0.500. The molecule has 0 aliphatic rings. The minimum Gasteiger partial charge on any atom is -0.397 e. The van der Waals surface area contributed by atoms with Crippen LogP contribution in [0.1, 0.15) is 20.8 Å². The first-order chi connectivity index (χ1) is 7.43. The molecular weight excluding hydrogens is 210 g/mol. The molecule has 4 heteroatoms. The van der Waals surface area contributed by atoms with Crippen LogP contribution < -0.4 is 11.1 Å². The fourth-order valence-electron chi connectivity index (χ4n) is 1.24. The highest BCUT2D eigenvalue weighted by Crippen LogP contribution is 2.25. The van der Waals surface area contributed by atoms with Gasteiger partial charge in [-0.3, -0.25) is 0 Å². The predicted octanol–water partition coefficient (Wildman–Crippen LogP) is 3.25. The summed E-state index contributed by atoms with van der Waals surface area (Å²) < 4.78 is 26.4. The summed E-state index contributed by atoms with van der Waals surface area (Å²) in [5.41, 5.74) is 5.88. The van der Waals surface area contributed by atoms with Crippen molar-refractivity contribution in [1.29, 1.82) is 0 Å². The molecular formula is C12H18F2N2. The molecule has 1 unspecified atom stereocenters. The average molecular weight is 228 g/mol. The molecule has 1 aromatic carbocycles. The summed E-state index contributed by atoms with van der Waals surface area (Å²) in [6.45, 7) is 6.78. The summed E-state index contributed by atoms with van der Waals surface area (Å²) >= 11 is 0. The molecule has 1 rings (SSSR count). The molecule has 0 saturated heterocycles. The van der Waals surface area contributed by atoms with Crippen molar-refractivity contribution < 1.29 is 8.78 Å². The first-order valence-electron chi connectivity index (χ1n) is 5.40. The molecule has 0 spiro atoms. The second kappa shape index (κ2) is 5.14. The molecule has 0 fully saturated rings. The van der Waals surface area contributed by atoms with E-state index in [1.54, 1.807) is 0 Å². The molecule has 0 aliphatic heterocycles. The van der Waals surface area contributed by atoms with E-state index in [0.29, 0.717) is 18.4 Å². The monoisotopic (exact) mass is 228 g/mol. The van der Waals surface area contributed by atoms with Crippen LogP contribution in [0.15, 0.2) is 12.1 Å². The number of anilines is 2. The van der Waals surface area contributed by atoms with Crippen molar-refractivity contribution in [3.63, 3.8) is 0 Å². The Bertz CT molecular complexity index is 364. The molecule has 0 amide bonds. The summed E-state index contributed by atoms with van der Waals surface area (Å²) in [4.78, 5) is 0. The normalized spacial score (nSPS) is 12.9. The third-order valence-electron chi connectivity index (χ3n) is 2.87. The van der Waals surface area contributed by atoms with Gasteiger partial charge in [-0.25, -0.2) is 8.78 Å². The summed E-state index contributed by atoms with van der Waals surface area (Å²) in [5, 5.41) is 2.86. The van der Waals surface area contributed by atoms with E-state index in [2.05, 4.69) is 19.2 Å². The van der Waals surface area contributed by atoms with Crippen molar-refractivity contribution in [1.82, 2.24) is 0 Å². The standard InChI is InChI=1S/C12H18F2N2/c1-7(2)8(3)6-16-12-10(15)5-4-9(13)11(12)14/h4-5,7-8,16H,6,15H2,1-3H3. The fourth-order valence-corrected chi connectivity index (χ4v) is 1.24. The Balaban J connectivity index is 2.77. The zero-order chi connectivity index (χ0) is 12.3. The van der Waals surface area contributed by atoms with E-state index in [4.69, 9.17) is 5.73 Å². The van der Waals surface area contributed by atoms with Crippen LogP contribution in [0.3, 0.4) is 0 Å². The van der Waals surface area contributed by atoms with Crippen LogP contribution in [-0.4, -0.2) is 6.54 Å². The molecule has 16 heavy (non-hydrogen) atoms. The first-order valence-corrected chi connectivity index (χ1v) is 5.40. The van der Waals surface area contributed by atoms with Crippen molar-refractivity contribution in [3.05, 3.63) is 23.8 Å². The van der Waals surface area contributed by atoms with Crippen LogP contribution in [0.5, 0.6) is 0 Å². The third-order valence-corrected chi connectivity index (χ3v) is 2.87. The second-order valence-electron chi connectivity index (χ2n) is 4.43. The molecule has 90 valence electrons. The van der Waals surface area contributed by atoms with Gasteiger partial charge in [-0.15, -0.1) is 0 Å². The summed E-state index contributed by atoms with van der Waals surface area (Å²) in [6, 6.07) is 2.39. The maximum atomic E-state index is 13.4. The molecule has 3 N–H and O–H groups in total. The molecule has 0 bridgehead atoms. The maximum Gasteiger partial charge on any atom is 0.183 e. The zero-order valence-electron chi connectivity index (χ0n) is 9.85. The van der Waals surface area contributed by atoms with Crippen molar-refractivity contribution >= 4 is 11.4 Å². The molecule has 0 radical (unpaired) electrons. The van der Waals surface area contributed by atoms with E-state index in [-0.39, 0.29) is 11.4 Å². The van der Waals surface area contributed by atoms with E-state index in [0.717, 1.165) is 6.07 Å². The molecule has 1 aromatic rings. The Labute approximate surface area is 94.8 Å². The van der Waals surface area contributed by atoms with Gasteiger partial charge in [0.25, 0.3) is 0 Å². The van der Waals surface area contributed by atoms with Crippen molar-refractivity contribution in [2.24, 2.45) is 11.8 Å². The third kappa shape index (κ3) is 2.84. The van der Waals surface area contributed by atoms with Gasteiger partial charge in [0.1, 0.15) is 0 Å². The number of nitrogens with two attached hydrogens (primary N) is 1. The van der Waals surface area contributed by atoms with E-state index >= 15 is 0 Å². The Morgan fingerprint density at radius 2 is 1.88 bits per heavy atom. The highest BCUT2D eigenvalue weighted by Gasteiger charge is 2.13. The van der Waals surface area contributed by atoms with Crippen LogP contribution in [0, 0.1) is 23.5 Å². The Hall–Kier alpha value is -1.32. The predicted molar refractivity (Wildman–Crippen MR) is 63.3 cm³/mol.